The number of amides is 4. The molecule has 0 spiro atoms. The zero-order valence-corrected chi connectivity index (χ0v) is 16.4. The van der Waals surface area contributed by atoms with Crippen molar-refractivity contribution in [1.29, 1.82) is 0 Å². The van der Waals surface area contributed by atoms with E-state index < -0.39 is 18.0 Å². The minimum absolute atomic E-state index is 0.306. The van der Waals surface area contributed by atoms with Crippen LogP contribution < -0.4 is 15.1 Å². The van der Waals surface area contributed by atoms with Gasteiger partial charge < -0.3 is 10.2 Å². The third-order valence-corrected chi connectivity index (χ3v) is 5.41. The van der Waals surface area contributed by atoms with Gasteiger partial charge in [-0.3, -0.25) is 19.4 Å². The smallest absolute Gasteiger partial charge is 0.332 e. The zero-order chi connectivity index (χ0) is 20.4. The first-order chi connectivity index (χ1) is 14.0. The Balaban J connectivity index is 1.40. The van der Waals surface area contributed by atoms with Crippen LogP contribution in [0.2, 0.25) is 0 Å². The predicted molar refractivity (Wildman–Crippen MR) is 112 cm³/mol. The summed E-state index contributed by atoms with van der Waals surface area (Å²) < 4.78 is 0. The average molecular weight is 392 g/mol. The Kier molecular flexibility index (Phi) is 5.20. The first-order valence-electron chi connectivity index (χ1n) is 9.89. The highest BCUT2D eigenvalue weighted by atomic mass is 16.2. The standard InChI is InChI=1S/C22H24N4O3/c1-16-21(28)25(22(29)26(16)19-7-3-2-4-8-19)15-20(27)23-17-9-11-18(12-10-17)24-13-5-6-14-24/h2-4,7-12,16H,5-6,13-15H2,1H3,(H,23,27)/t16-/m1/s1. The van der Waals surface area contributed by atoms with Gasteiger partial charge in [0.25, 0.3) is 5.91 Å². The molecule has 2 aromatic rings. The van der Waals surface area contributed by atoms with Gasteiger partial charge in [-0.25, -0.2) is 4.79 Å². The van der Waals surface area contributed by atoms with Gasteiger partial charge in [0.15, 0.2) is 0 Å². The van der Waals surface area contributed by atoms with Gasteiger partial charge in [0, 0.05) is 30.2 Å². The lowest BCUT2D eigenvalue weighted by molar-refractivity contribution is -0.130. The molecule has 2 fully saturated rings. The van der Waals surface area contributed by atoms with E-state index in [1.54, 1.807) is 31.2 Å². The number of nitrogens with one attached hydrogen (secondary N) is 1. The van der Waals surface area contributed by atoms with Crippen molar-refractivity contribution >= 4 is 34.9 Å². The fourth-order valence-corrected chi connectivity index (χ4v) is 3.87. The zero-order valence-electron chi connectivity index (χ0n) is 16.4. The number of carbonyl (C=O) groups excluding carboxylic acids is 3. The summed E-state index contributed by atoms with van der Waals surface area (Å²) in [5, 5.41) is 2.78. The third kappa shape index (κ3) is 3.81. The normalized spacial score (nSPS) is 19.2. The van der Waals surface area contributed by atoms with Crippen LogP contribution in [-0.2, 0) is 9.59 Å². The van der Waals surface area contributed by atoms with Crippen molar-refractivity contribution in [3.63, 3.8) is 0 Å². The molecule has 2 saturated heterocycles. The molecular weight excluding hydrogens is 368 g/mol. The summed E-state index contributed by atoms with van der Waals surface area (Å²) in [6.45, 7) is 3.48. The van der Waals surface area contributed by atoms with Crippen LogP contribution in [0.25, 0.3) is 0 Å². The van der Waals surface area contributed by atoms with Gasteiger partial charge in [-0.2, -0.15) is 0 Å². The molecule has 4 rings (SSSR count). The summed E-state index contributed by atoms with van der Waals surface area (Å²) in [4.78, 5) is 42.5. The summed E-state index contributed by atoms with van der Waals surface area (Å²) in [7, 11) is 0. The molecule has 0 aliphatic carbocycles. The van der Waals surface area contributed by atoms with Crippen LogP contribution in [-0.4, -0.2) is 48.4 Å². The fourth-order valence-electron chi connectivity index (χ4n) is 3.87. The highest BCUT2D eigenvalue weighted by Crippen LogP contribution is 2.26. The van der Waals surface area contributed by atoms with Gasteiger partial charge >= 0.3 is 6.03 Å². The number of benzene rings is 2. The largest absolute Gasteiger partial charge is 0.372 e. The van der Waals surface area contributed by atoms with E-state index in [1.807, 2.05) is 30.3 Å². The second kappa shape index (κ2) is 7.95. The molecule has 1 N–H and O–H groups in total. The molecule has 29 heavy (non-hydrogen) atoms. The molecule has 150 valence electrons. The minimum Gasteiger partial charge on any atom is -0.372 e. The number of rotatable bonds is 5. The minimum atomic E-state index is -0.641. The lowest BCUT2D eigenvalue weighted by Gasteiger charge is -2.19. The van der Waals surface area contributed by atoms with Crippen molar-refractivity contribution in [2.24, 2.45) is 0 Å². The lowest BCUT2D eigenvalue weighted by Crippen LogP contribution is -2.39. The van der Waals surface area contributed by atoms with Gasteiger partial charge in [0.2, 0.25) is 5.91 Å². The van der Waals surface area contributed by atoms with E-state index in [0.717, 1.165) is 23.7 Å². The highest BCUT2D eigenvalue weighted by Gasteiger charge is 2.43. The Morgan fingerprint density at radius 1 is 0.966 bits per heavy atom. The van der Waals surface area contributed by atoms with Crippen LogP contribution in [0.1, 0.15) is 19.8 Å². The van der Waals surface area contributed by atoms with Gasteiger partial charge in [-0.05, 0) is 56.2 Å². The van der Waals surface area contributed by atoms with Crippen LogP contribution >= 0.6 is 0 Å². The van der Waals surface area contributed by atoms with Crippen LogP contribution in [0.15, 0.2) is 54.6 Å². The quantitative estimate of drug-likeness (QED) is 0.794. The molecule has 0 radical (unpaired) electrons. The number of para-hydroxylation sites is 1. The molecule has 4 amide bonds. The maximum absolute atomic E-state index is 12.8. The molecule has 2 aliphatic heterocycles. The van der Waals surface area contributed by atoms with Gasteiger partial charge in [0.1, 0.15) is 12.6 Å². The third-order valence-electron chi connectivity index (χ3n) is 5.41. The fraction of sp³-hybridized carbons (Fsp3) is 0.318. The first-order valence-corrected chi connectivity index (χ1v) is 9.89. The number of carbonyl (C=O) groups is 3. The average Bonchev–Trinajstić information content (AvgIpc) is 3.33. The Morgan fingerprint density at radius 2 is 1.62 bits per heavy atom. The molecule has 7 heteroatoms. The van der Waals surface area contributed by atoms with E-state index in [-0.39, 0.29) is 12.5 Å². The van der Waals surface area contributed by atoms with E-state index in [1.165, 1.54) is 17.7 Å². The Bertz CT molecular complexity index is 907. The first kappa shape index (κ1) is 19.0. The van der Waals surface area contributed by atoms with Crippen molar-refractivity contribution in [3.05, 3.63) is 54.6 Å². The van der Waals surface area contributed by atoms with Crippen molar-refractivity contribution in [2.45, 2.75) is 25.8 Å². The molecule has 2 heterocycles. The molecule has 0 bridgehead atoms. The number of urea groups is 1. The second-order valence-electron chi connectivity index (χ2n) is 7.38. The van der Waals surface area contributed by atoms with Crippen LogP contribution in [0.4, 0.5) is 21.9 Å². The van der Waals surface area contributed by atoms with E-state index in [2.05, 4.69) is 10.2 Å². The molecule has 1 atom stereocenters. The van der Waals surface area contributed by atoms with E-state index in [0.29, 0.717) is 11.4 Å². The van der Waals surface area contributed by atoms with E-state index in [9.17, 15) is 14.4 Å². The lowest BCUT2D eigenvalue weighted by atomic mass is 10.2. The van der Waals surface area contributed by atoms with Crippen molar-refractivity contribution < 1.29 is 14.4 Å². The van der Waals surface area contributed by atoms with Gasteiger partial charge in [-0.15, -0.1) is 0 Å². The van der Waals surface area contributed by atoms with Crippen molar-refractivity contribution in [1.82, 2.24) is 4.90 Å². The summed E-state index contributed by atoms with van der Waals surface area (Å²) >= 11 is 0. The summed E-state index contributed by atoms with van der Waals surface area (Å²) in [6, 6.07) is 15.5. The number of hydrogen-bond donors (Lipinski definition) is 1. The molecule has 0 unspecified atom stereocenters. The summed E-state index contributed by atoms with van der Waals surface area (Å²) in [5.41, 5.74) is 2.42. The number of hydrogen-bond acceptors (Lipinski definition) is 4. The molecule has 2 aromatic carbocycles. The van der Waals surface area contributed by atoms with E-state index >= 15 is 0 Å². The van der Waals surface area contributed by atoms with Crippen molar-refractivity contribution in [2.75, 3.05) is 34.8 Å². The maximum atomic E-state index is 12.8. The highest BCUT2D eigenvalue weighted by molar-refractivity contribution is 6.16. The Morgan fingerprint density at radius 3 is 2.28 bits per heavy atom. The maximum Gasteiger partial charge on any atom is 0.332 e. The van der Waals surface area contributed by atoms with Crippen LogP contribution in [0.3, 0.4) is 0 Å². The predicted octanol–water partition coefficient (Wildman–Crippen LogP) is 3.08. The summed E-state index contributed by atoms with van der Waals surface area (Å²) in [5.74, 6) is -0.777. The SMILES string of the molecule is C[C@@H]1C(=O)N(CC(=O)Nc2ccc(N3CCCC3)cc2)C(=O)N1c1ccccc1. The molecule has 7 nitrogen and oxygen atoms in total. The molecule has 0 aromatic heterocycles. The van der Waals surface area contributed by atoms with Gasteiger partial charge in [0.05, 0.1) is 0 Å². The Labute approximate surface area is 169 Å². The summed E-state index contributed by atoms with van der Waals surface area (Å²) in [6.07, 6.45) is 2.41. The molecule has 0 saturated carbocycles. The van der Waals surface area contributed by atoms with Crippen LogP contribution in [0, 0.1) is 0 Å². The number of anilines is 3. The molecule has 2 aliphatic rings. The Hall–Kier alpha value is -3.35. The number of imide groups is 1. The number of nitrogens with zero attached hydrogens (tertiary/aromatic N) is 3. The topological polar surface area (TPSA) is 73.0 Å². The van der Waals surface area contributed by atoms with E-state index in [4.69, 9.17) is 0 Å². The second-order valence-corrected chi connectivity index (χ2v) is 7.38. The monoisotopic (exact) mass is 392 g/mol. The van der Waals surface area contributed by atoms with Crippen LogP contribution in [0.5, 0.6) is 0 Å². The molecular formula is C22H24N4O3. The van der Waals surface area contributed by atoms with Crippen molar-refractivity contribution in [3.8, 4) is 0 Å². The van der Waals surface area contributed by atoms with Gasteiger partial charge in [-0.1, -0.05) is 18.2 Å².